The van der Waals surface area contributed by atoms with Gasteiger partial charge in [-0.2, -0.15) is 0 Å². The molecular formula is C29H42IN4+. The Labute approximate surface area is 220 Å². The second-order valence-electron chi connectivity index (χ2n) is 10.9. The molecule has 0 N–H and O–H groups in total. The Balaban J connectivity index is 2.46. The van der Waals surface area contributed by atoms with E-state index in [2.05, 4.69) is 143 Å². The highest BCUT2D eigenvalue weighted by atomic mass is 127. The van der Waals surface area contributed by atoms with E-state index in [9.17, 15) is 0 Å². The van der Waals surface area contributed by atoms with E-state index < -0.39 is 0 Å². The van der Waals surface area contributed by atoms with Gasteiger partial charge in [0.05, 0.1) is 6.54 Å². The number of hydrogen-bond acceptors (Lipinski definition) is 2. The molecule has 34 heavy (non-hydrogen) atoms. The third kappa shape index (κ3) is 5.25. The Bertz CT molecular complexity index is 1090. The number of rotatable bonds is 8. The van der Waals surface area contributed by atoms with Crippen LogP contribution >= 0.6 is 22.6 Å². The summed E-state index contributed by atoms with van der Waals surface area (Å²) in [5, 5.41) is 5.37. The molecule has 1 aromatic heterocycles. The van der Waals surface area contributed by atoms with Gasteiger partial charge >= 0.3 is 0 Å². The fourth-order valence-electron chi connectivity index (χ4n) is 4.66. The molecule has 0 amide bonds. The van der Waals surface area contributed by atoms with E-state index in [0.717, 1.165) is 6.54 Å². The van der Waals surface area contributed by atoms with E-state index in [4.69, 9.17) is 5.21 Å². The maximum atomic E-state index is 5.37. The van der Waals surface area contributed by atoms with Crippen molar-refractivity contribution in [1.29, 1.82) is 0 Å². The predicted octanol–water partition coefficient (Wildman–Crippen LogP) is 7.31. The summed E-state index contributed by atoms with van der Waals surface area (Å²) < 4.78 is 5.63. The monoisotopic (exact) mass is 573 g/mol. The number of para-hydroxylation sites is 2. The lowest BCUT2D eigenvalue weighted by Crippen LogP contribution is -2.40. The van der Waals surface area contributed by atoms with Crippen molar-refractivity contribution in [3.8, 4) is 11.4 Å². The Morgan fingerprint density at radius 1 is 0.765 bits per heavy atom. The van der Waals surface area contributed by atoms with Gasteiger partial charge in [0.2, 0.25) is 9.39 Å². The second kappa shape index (κ2) is 10.9. The fraction of sp³-hybridized carbons (Fsp3) is 0.517. The molecule has 0 saturated heterocycles. The molecule has 3 rings (SSSR count). The highest BCUT2D eigenvalue weighted by Gasteiger charge is 2.33. The zero-order valence-corrected chi connectivity index (χ0v) is 24.8. The van der Waals surface area contributed by atoms with Crippen LogP contribution < -0.4 is 4.68 Å². The number of aromatic nitrogens is 3. The van der Waals surface area contributed by atoms with E-state index in [1.165, 1.54) is 43.0 Å². The lowest BCUT2D eigenvalue weighted by atomic mass is 9.92. The Kier molecular flexibility index (Phi) is 8.61. The minimum atomic E-state index is 0.408. The third-order valence-electron chi connectivity index (χ3n) is 6.43. The molecule has 3 aromatic rings. The molecule has 0 aliphatic heterocycles. The number of benzene rings is 2. The van der Waals surface area contributed by atoms with Gasteiger partial charge in [0.25, 0.3) is 0 Å². The molecular weight excluding hydrogens is 531 g/mol. The molecule has 184 valence electrons. The van der Waals surface area contributed by atoms with Gasteiger partial charge < -0.3 is 4.90 Å². The van der Waals surface area contributed by atoms with Crippen molar-refractivity contribution < 1.29 is 4.68 Å². The molecule has 5 heteroatoms. The summed E-state index contributed by atoms with van der Waals surface area (Å²) in [4.78, 5) is 2.24. The summed E-state index contributed by atoms with van der Waals surface area (Å²) in [6, 6.07) is 13.5. The van der Waals surface area contributed by atoms with Crippen molar-refractivity contribution in [2.24, 2.45) is 0 Å². The van der Waals surface area contributed by atoms with Gasteiger partial charge in [-0.15, -0.1) is 0 Å². The Morgan fingerprint density at radius 3 is 1.56 bits per heavy atom. The normalized spacial score (nSPS) is 12.2. The molecule has 0 unspecified atom stereocenters. The molecule has 1 heterocycles. The number of nitrogens with zero attached hydrogens (tertiary/aromatic N) is 4. The molecule has 0 aliphatic rings. The third-order valence-corrected chi connectivity index (χ3v) is 7.51. The molecule has 0 saturated carbocycles. The van der Waals surface area contributed by atoms with Crippen LogP contribution in [-0.4, -0.2) is 28.9 Å². The minimum absolute atomic E-state index is 0.408. The summed E-state index contributed by atoms with van der Waals surface area (Å²) in [7, 11) is 4.27. The molecule has 0 fully saturated rings. The lowest BCUT2D eigenvalue weighted by molar-refractivity contribution is -0.674. The van der Waals surface area contributed by atoms with Crippen LogP contribution in [0.1, 0.15) is 107 Å². The van der Waals surface area contributed by atoms with Crippen LogP contribution in [0.25, 0.3) is 11.4 Å². The SMILES string of the molecule is CC(C)c1cccc(C(C)C)c1-n1n[n+](-c2c(C(C)C)cccc2C(C)C)c(I)c1CN(C)C. The first-order valence-electron chi connectivity index (χ1n) is 12.6. The van der Waals surface area contributed by atoms with Crippen LogP contribution in [-0.2, 0) is 6.54 Å². The predicted molar refractivity (Wildman–Crippen MR) is 152 cm³/mol. The van der Waals surface area contributed by atoms with Gasteiger partial charge in [0, 0.05) is 44.8 Å². The van der Waals surface area contributed by atoms with E-state index in [1.54, 1.807) is 0 Å². The summed E-state index contributed by atoms with van der Waals surface area (Å²) in [5.41, 5.74) is 9.09. The second-order valence-corrected chi connectivity index (χ2v) is 11.9. The molecule has 0 spiro atoms. The maximum Gasteiger partial charge on any atom is 0.238 e. The first-order chi connectivity index (χ1) is 16.0. The first kappa shape index (κ1) is 26.9. The van der Waals surface area contributed by atoms with E-state index in [0.29, 0.717) is 23.7 Å². The standard InChI is InChI=1S/C29H42IN4/c1-18(2)22-13-11-14-23(19(3)4)27(22)33-26(17-32(9)10)29(30)34(31-33)28-24(20(5)6)15-12-16-25(28)21(7)8/h11-16,18-21H,17H2,1-10H3/q+1. The van der Waals surface area contributed by atoms with Crippen LogP contribution in [0.5, 0.6) is 0 Å². The summed E-state index contributed by atoms with van der Waals surface area (Å²) >= 11 is 2.52. The summed E-state index contributed by atoms with van der Waals surface area (Å²) in [6.07, 6.45) is 0. The van der Waals surface area contributed by atoms with E-state index in [-0.39, 0.29) is 0 Å². The number of hydrogen-bond donors (Lipinski definition) is 0. The Hall–Kier alpha value is -1.73. The largest absolute Gasteiger partial charge is 0.301 e. The quantitative estimate of drug-likeness (QED) is 0.209. The van der Waals surface area contributed by atoms with Gasteiger partial charge in [0.15, 0.2) is 11.4 Å². The molecule has 4 nitrogen and oxygen atoms in total. The van der Waals surface area contributed by atoms with Crippen molar-refractivity contribution in [2.45, 2.75) is 85.6 Å². The molecule has 0 radical (unpaired) electrons. The average molecular weight is 574 g/mol. The zero-order chi connectivity index (χ0) is 25.3. The lowest BCUT2D eigenvalue weighted by Gasteiger charge is -2.17. The van der Waals surface area contributed by atoms with Crippen molar-refractivity contribution in [2.75, 3.05) is 14.1 Å². The minimum Gasteiger partial charge on any atom is -0.301 e. The fourth-order valence-corrected chi connectivity index (χ4v) is 5.40. The van der Waals surface area contributed by atoms with Crippen molar-refractivity contribution in [1.82, 2.24) is 14.8 Å². The van der Waals surface area contributed by atoms with E-state index >= 15 is 0 Å². The van der Waals surface area contributed by atoms with Gasteiger partial charge in [-0.3, -0.25) is 0 Å². The average Bonchev–Trinajstić information content (AvgIpc) is 3.07. The van der Waals surface area contributed by atoms with Gasteiger partial charge in [0.1, 0.15) is 5.21 Å². The van der Waals surface area contributed by atoms with Crippen LogP contribution in [0.3, 0.4) is 0 Å². The molecule has 0 atom stereocenters. The van der Waals surface area contributed by atoms with Gasteiger partial charge in [-0.25, -0.2) is 0 Å². The van der Waals surface area contributed by atoms with Gasteiger partial charge in [-0.05, 0) is 37.8 Å². The smallest absolute Gasteiger partial charge is 0.238 e. The highest BCUT2D eigenvalue weighted by Crippen LogP contribution is 2.33. The van der Waals surface area contributed by atoms with E-state index in [1.807, 2.05) is 0 Å². The summed E-state index contributed by atoms with van der Waals surface area (Å²) in [5.74, 6) is 1.64. The molecule has 2 aromatic carbocycles. The van der Waals surface area contributed by atoms with Crippen LogP contribution in [0.2, 0.25) is 0 Å². The Morgan fingerprint density at radius 2 is 1.18 bits per heavy atom. The van der Waals surface area contributed by atoms with Crippen molar-refractivity contribution >= 4 is 22.6 Å². The van der Waals surface area contributed by atoms with Crippen LogP contribution in [0.15, 0.2) is 36.4 Å². The zero-order valence-electron chi connectivity index (χ0n) is 22.6. The summed E-state index contributed by atoms with van der Waals surface area (Å²) in [6.45, 7) is 19.0. The van der Waals surface area contributed by atoms with Crippen LogP contribution in [0, 0.1) is 3.70 Å². The van der Waals surface area contributed by atoms with Crippen molar-refractivity contribution in [3.63, 3.8) is 0 Å². The molecule has 0 bridgehead atoms. The highest BCUT2D eigenvalue weighted by molar-refractivity contribution is 14.1. The number of halogens is 1. The van der Waals surface area contributed by atoms with Gasteiger partial charge in [-0.1, -0.05) is 101 Å². The van der Waals surface area contributed by atoms with Crippen molar-refractivity contribution in [3.05, 3.63) is 68.0 Å². The maximum absolute atomic E-state index is 5.37. The topological polar surface area (TPSA) is 24.9 Å². The first-order valence-corrected chi connectivity index (χ1v) is 13.6. The van der Waals surface area contributed by atoms with Crippen LogP contribution in [0.4, 0.5) is 0 Å². The molecule has 0 aliphatic carbocycles.